The molecule has 0 saturated heterocycles. The quantitative estimate of drug-likeness (QED) is 0.733. The van der Waals surface area contributed by atoms with Crippen LogP contribution in [0.15, 0.2) is 0 Å². The van der Waals surface area contributed by atoms with E-state index in [1.807, 2.05) is 0 Å². The molecule has 0 aromatic carbocycles. The molecule has 0 aromatic rings. The van der Waals surface area contributed by atoms with Crippen molar-refractivity contribution in [3.63, 3.8) is 0 Å². The smallest absolute Gasteiger partial charge is 0.00700 e. The Morgan fingerprint density at radius 1 is 1.06 bits per heavy atom. The highest BCUT2D eigenvalue weighted by molar-refractivity contribution is 4.91. The Labute approximate surface area is 108 Å². The van der Waals surface area contributed by atoms with Gasteiger partial charge >= 0.3 is 0 Å². The van der Waals surface area contributed by atoms with Gasteiger partial charge in [-0.05, 0) is 56.8 Å². The van der Waals surface area contributed by atoms with Gasteiger partial charge in [0.1, 0.15) is 0 Å². The maximum absolute atomic E-state index is 3.91. The highest BCUT2D eigenvalue weighted by Crippen LogP contribution is 2.48. The fourth-order valence-corrected chi connectivity index (χ4v) is 4.11. The van der Waals surface area contributed by atoms with Crippen molar-refractivity contribution in [2.45, 2.75) is 96.6 Å². The third-order valence-corrected chi connectivity index (χ3v) is 5.31. The second-order valence-electron chi connectivity index (χ2n) is 6.54. The van der Waals surface area contributed by atoms with Gasteiger partial charge in [-0.1, -0.05) is 33.1 Å². The maximum Gasteiger partial charge on any atom is 0.00700 e. The number of hydrogen-bond donors (Lipinski definition) is 1. The summed E-state index contributed by atoms with van der Waals surface area (Å²) in [5.74, 6) is 0. The molecule has 17 heavy (non-hydrogen) atoms. The Kier molecular flexibility index (Phi) is 4.90. The second-order valence-corrected chi connectivity index (χ2v) is 6.54. The lowest BCUT2D eigenvalue weighted by atomic mass is 9.71. The first-order valence-electron chi connectivity index (χ1n) is 8.04. The van der Waals surface area contributed by atoms with Gasteiger partial charge in [-0.25, -0.2) is 0 Å². The average molecular weight is 237 g/mol. The largest absolute Gasteiger partial charge is 0.311 e. The van der Waals surface area contributed by atoms with Gasteiger partial charge in [0, 0.05) is 12.1 Å². The van der Waals surface area contributed by atoms with Gasteiger partial charge in [-0.3, -0.25) is 0 Å². The molecule has 1 unspecified atom stereocenters. The zero-order valence-electron chi connectivity index (χ0n) is 11.9. The predicted octanol–water partition coefficient (Wildman–Crippen LogP) is 4.66. The molecule has 2 fully saturated rings. The molecule has 1 nitrogen and oxygen atoms in total. The SMILES string of the molecule is CCCC(CC)NC1CCC2(CCCC2)CC1. The first-order valence-corrected chi connectivity index (χ1v) is 8.04. The van der Waals surface area contributed by atoms with Gasteiger partial charge < -0.3 is 5.32 Å². The lowest BCUT2D eigenvalue weighted by molar-refractivity contribution is 0.161. The molecule has 0 aliphatic heterocycles. The van der Waals surface area contributed by atoms with Crippen LogP contribution in [0.3, 0.4) is 0 Å². The normalized spacial score (nSPS) is 26.5. The Hall–Kier alpha value is -0.0400. The maximum atomic E-state index is 3.91. The summed E-state index contributed by atoms with van der Waals surface area (Å²) < 4.78 is 0. The monoisotopic (exact) mass is 237 g/mol. The third-order valence-electron chi connectivity index (χ3n) is 5.31. The fourth-order valence-electron chi connectivity index (χ4n) is 4.11. The van der Waals surface area contributed by atoms with Crippen LogP contribution in [0.4, 0.5) is 0 Å². The molecule has 0 aromatic heterocycles. The van der Waals surface area contributed by atoms with E-state index in [1.165, 1.54) is 70.6 Å². The molecule has 2 saturated carbocycles. The van der Waals surface area contributed by atoms with Crippen molar-refractivity contribution in [3.8, 4) is 0 Å². The van der Waals surface area contributed by atoms with E-state index in [4.69, 9.17) is 0 Å². The minimum Gasteiger partial charge on any atom is -0.311 e. The van der Waals surface area contributed by atoms with Crippen molar-refractivity contribution in [2.24, 2.45) is 5.41 Å². The Bertz CT molecular complexity index is 208. The number of rotatable bonds is 5. The van der Waals surface area contributed by atoms with Crippen LogP contribution in [0, 0.1) is 5.41 Å². The summed E-state index contributed by atoms with van der Waals surface area (Å²) in [6.45, 7) is 4.63. The molecule has 2 rings (SSSR count). The minimum absolute atomic E-state index is 0.780. The van der Waals surface area contributed by atoms with E-state index in [2.05, 4.69) is 19.2 Å². The van der Waals surface area contributed by atoms with Gasteiger partial charge in [0.05, 0.1) is 0 Å². The van der Waals surface area contributed by atoms with Crippen molar-refractivity contribution >= 4 is 0 Å². The van der Waals surface area contributed by atoms with Crippen LogP contribution in [0.5, 0.6) is 0 Å². The van der Waals surface area contributed by atoms with Gasteiger partial charge in [0.25, 0.3) is 0 Å². The van der Waals surface area contributed by atoms with Crippen LogP contribution in [0.2, 0.25) is 0 Å². The van der Waals surface area contributed by atoms with Gasteiger partial charge in [-0.15, -0.1) is 0 Å². The molecule has 2 aliphatic rings. The molecule has 1 spiro atoms. The van der Waals surface area contributed by atoms with E-state index in [0.717, 1.165) is 17.5 Å². The van der Waals surface area contributed by atoms with Crippen molar-refractivity contribution in [3.05, 3.63) is 0 Å². The van der Waals surface area contributed by atoms with Gasteiger partial charge in [0.2, 0.25) is 0 Å². The minimum atomic E-state index is 0.780. The van der Waals surface area contributed by atoms with Crippen molar-refractivity contribution in [1.82, 2.24) is 5.32 Å². The highest BCUT2D eigenvalue weighted by atomic mass is 14.9. The van der Waals surface area contributed by atoms with E-state index < -0.39 is 0 Å². The molecular formula is C16H31N. The van der Waals surface area contributed by atoms with Crippen molar-refractivity contribution < 1.29 is 0 Å². The molecule has 100 valence electrons. The number of hydrogen-bond acceptors (Lipinski definition) is 1. The first-order chi connectivity index (χ1) is 8.28. The molecule has 0 amide bonds. The zero-order chi connectivity index (χ0) is 12.1. The van der Waals surface area contributed by atoms with Gasteiger partial charge in [-0.2, -0.15) is 0 Å². The predicted molar refractivity (Wildman–Crippen MR) is 75.3 cm³/mol. The van der Waals surface area contributed by atoms with E-state index in [0.29, 0.717) is 0 Å². The molecule has 1 atom stereocenters. The van der Waals surface area contributed by atoms with Gasteiger partial charge in [0.15, 0.2) is 0 Å². The van der Waals surface area contributed by atoms with Crippen LogP contribution >= 0.6 is 0 Å². The summed E-state index contributed by atoms with van der Waals surface area (Å²) in [4.78, 5) is 0. The summed E-state index contributed by atoms with van der Waals surface area (Å²) in [5, 5.41) is 3.91. The second kappa shape index (κ2) is 6.22. The summed E-state index contributed by atoms with van der Waals surface area (Å²) >= 11 is 0. The van der Waals surface area contributed by atoms with Crippen LogP contribution in [-0.4, -0.2) is 12.1 Å². The molecule has 2 aliphatic carbocycles. The molecule has 0 bridgehead atoms. The highest BCUT2D eigenvalue weighted by Gasteiger charge is 2.37. The fraction of sp³-hybridized carbons (Fsp3) is 1.00. The first kappa shape index (κ1) is 13.4. The zero-order valence-corrected chi connectivity index (χ0v) is 11.9. The Morgan fingerprint density at radius 2 is 1.71 bits per heavy atom. The molecule has 1 N–H and O–H groups in total. The van der Waals surface area contributed by atoms with Crippen LogP contribution in [-0.2, 0) is 0 Å². The Morgan fingerprint density at radius 3 is 2.24 bits per heavy atom. The van der Waals surface area contributed by atoms with Crippen molar-refractivity contribution in [1.29, 1.82) is 0 Å². The topological polar surface area (TPSA) is 12.0 Å². The summed E-state index contributed by atoms with van der Waals surface area (Å²) in [6.07, 6.45) is 16.0. The average Bonchev–Trinajstić information content (AvgIpc) is 2.80. The molecular weight excluding hydrogens is 206 g/mol. The summed E-state index contributed by atoms with van der Waals surface area (Å²) in [5.41, 5.74) is 0.796. The lowest BCUT2D eigenvalue weighted by Gasteiger charge is -2.39. The van der Waals surface area contributed by atoms with E-state index in [-0.39, 0.29) is 0 Å². The third kappa shape index (κ3) is 3.47. The van der Waals surface area contributed by atoms with Crippen molar-refractivity contribution in [2.75, 3.05) is 0 Å². The van der Waals surface area contributed by atoms with Crippen LogP contribution < -0.4 is 5.32 Å². The standard InChI is InChI=1S/C16H31N/c1-3-7-14(4-2)17-15-8-12-16(13-9-15)10-5-6-11-16/h14-15,17H,3-13H2,1-2H3. The molecule has 1 heteroatoms. The van der Waals surface area contributed by atoms with E-state index in [1.54, 1.807) is 0 Å². The summed E-state index contributed by atoms with van der Waals surface area (Å²) in [6, 6.07) is 1.61. The molecule has 0 heterocycles. The Balaban J connectivity index is 1.74. The van der Waals surface area contributed by atoms with Crippen LogP contribution in [0.1, 0.15) is 84.5 Å². The van der Waals surface area contributed by atoms with Crippen LogP contribution in [0.25, 0.3) is 0 Å². The van der Waals surface area contributed by atoms with E-state index in [9.17, 15) is 0 Å². The lowest BCUT2D eigenvalue weighted by Crippen LogP contribution is -2.42. The van der Waals surface area contributed by atoms with E-state index >= 15 is 0 Å². The molecule has 0 radical (unpaired) electrons. The number of nitrogens with one attached hydrogen (secondary N) is 1. The summed E-state index contributed by atoms with van der Waals surface area (Å²) in [7, 11) is 0.